The Hall–Kier alpha value is -0.150. The zero-order chi connectivity index (χ0) is 6.74. The molecule has 1 heterocycles. The van der Waals surface area contributed by atoms with Crippen molar-refractivity contribution in [1.82, 2.24) is 10.6 Å². The average Bonchev–Trinajstić information content (AvgIpc) is 1.92. The predicted molar refractivity (Wildman–Crippen MR) is 35.3 cm³/mol. The Morgan fingerprint density at radius 2 is 1.67 bits per heavy atom. The molecule has 0 atom stereocenters. The van der Waals surface area contributed by atoms with Gasteiger partial charge in [0, 0.05) is 26.2 Å². The molecule has 0 saturated carbocycles. The third kappa shape index (κ3) is 2.28. The number of nitrogens with one attached hydrogen (secondary N) is 2. The first kappa shape index (κ1) is 6.96. The highest BCUT2D eigenvalue weighted by Crippen LogP contribution is 2.07. The van der Waals surface area contributed by atoms with Crippen molar-refractivity contribution < 1.29 is 4.39 Å². The highest BCUT2D eigenvalue weighted by atomic mass is 19.1. The lowest BCUT2D eigenvalue weighted by Crippen LogP contribution is -2.37. The third-order valence-corrected chi connectivity index (χ3v) is 1.47. The number of halogens is 1. The van der Waals surface area contributed by atoms with Crippen molar-refractivity contribution in [3.8, 4) is 0 Å². The van der Waals surface area contributed by atoms with Crippen LogP contribution in [-0.2, 0) is 0 Å². The first-order valence-electron chi connectivity index (χ1n) is 3.31. The van der Waals surface area contributed by atoms with Crippen molar-refractivity contribution in [2.45, 2.75) is 12.6 Å². The lowest BCUT2D eigenvalue weighted by molar-refractivity contribution is 0.194. The van der Waals surface area contributed by atoms with Gasteiger partial charge in [-0.1, -0.05) is 0 Å². The smallest absolute Gasteiger partial charge is 0.132 e. The van der Waals surface area contributed by atoms with Gasteiger partial charge in [-0.3, -0.25) is 0 Å². The Bertz CT molecular complexity index is 83.1. The first-order chi connectivity index (χ1) is 4.21. The van der Waals surface area contributed by atoms with Crippen molar-refractivity contribution in [3.05, 3.63) is 0 Å². The summed E-state index contributed by atoms with van der Waals surface area (Å²) in [5.74, 6) is 0. The maximum Gasteiger partial charge on any atom is 0.132 e. The van der Waals surface area contributed by atoms with E-state index in [4.69, 9.17) is 0 Å². The molecule has 0 radical (unpaired) electrons. The maximum absolute atomic E-state index is 13.0. The molecule has 0 bridgehead atoms. The molecule has 0 aromatic rings. The Kier molecular flexibility index (Phi) is 2.03. The van der Waals surface area contributed by atoms with Crippen molar-refractivity contribution in [2.75, 3.05) is 26.2 Å². The molecular weight excluding hydrogens is 119 g/mol. The summed E-state index contributed by atoms with van der Waals surface area (Å²) in [5, 5.41) is 6.00. The largest absolute Gasteiger partial charge is 0.312 e. The summed E-state index contributed by atoms with van der Waals surface area (Å²) in [7, 11) is 0. The van der Waals surface area contributed by atoms with E-state index < -0.39 is 5.67 Å². The molecule has 0 unspecified atom stereocenters. The summed E-state index contributed by atoms with van der Waals surface area (Å²) in [6, 6.07) is 0. The van der Waals surface area contributed by atoms with Crippen LogP contribution in [-0.4, -0.2) is 31.8 Å². The van der Waals surface area contributed by atoms with E-state index in [0.29, 0.717) is 13.1 Å². The van der Waals surface area contributed by atoms with Crippen molar-refractivity contribution >= 4 is 0 Å². The van der Waals surface area contributed by atoms with Gasteiger partial charge in [-0.05, 0) is 6.92 Å². The number of hydrogen-bond acceptors (Lipinski definition) is 2. The average molecular weight is 132 g/mol. The van der Waals surface area contributed by atoms with Crippen molar-refractivity contribution in [3.63, 3.8) is 0 Å². The van der Waals surface area contributed by atoms with Gasteiger partial charge in [0.2, 0.25) is 0 Å². The zero-order valence-electron chi connectivity index (χ0n) is 5.71. The molecule has 2 nitrogen and oxygen atoms in total. The fraction of sp³-hybridized carbons (Fsp3) is 1.00. The molecule has 1 saturated heterocycles. The highest BCUT2D eigenvalue weighted by molar-refractivity contribution is 4.81. The lowest BCUT2D eigenvalue weighted by atomic mass is 10.1. The van der Waals surface area contributed by atoms with Gasteiger partial charge in [0.15, 0.2) is 0 Å². The second-order valence-electron chi connectivity index (χ2n) is 2.77. The number of rotatable bonds is 0. The molecule has 1 fully saturated rings. The van der Waals surface area contributed by atoms with Crippen LogP contribution < -0.4 is 10.6 Å². The summed E-state index contributed by atoms with van der Waals surface area (Å²) in [5.41, 5.74) is -1.06. The van der Waals surface area contributed by atoms with Gasteiger partial charge in [-0.2, -0.15) is 0 Å². The zero-order valence-corrected chi connectivity index (χ0v) is 5.71. The molecule has 54 valence electrons. The molecule has 9 heavy (non-hydrogen) atoms. The van der Waals surface area contributed by atoms with Gasteiger partial charge in [-0.15, -0.1) is 0 Å². The van der Waals surface area contributed by atoms with Crippen LogP contribution in [0.3, 0.4) is 0 Å². The van der Waals surface area contributed by atoms with E-state index in [1.807, 2.05) is 0 Å². The molecular formula is C6H13FN2. The van der Waals surface area contributed by atoms with E-state index in [0.717, 1.165) is 13.1 Å². The third-order valence-electron chi connectivity index (χ3n) is 1.47. The van der Waals surface area contributed by atoms with Crippen LogP contribution in [0.15, 0.2) is 0 Å². The van der Waals surface area contributed by atoms with Crippen LogP contribution in [0.4, 0.5) is 4.39 Å². The minimum Gasteiger partial charge on any atom is -0.312 e. The maximum atomic E-state index is 13.0. The normalized spacial score (nSPS) is 27.3. The van der Waals surface area contributed by atoms with Crippen LogP contribution in [0.5, 0.6) is 0 Å². The molecule has 0 amide bonds. The predicted octanol–water partition coefficient (Wildman–Crippen LogP) is -0.0926. The summed E-state index contributed by atoms with van der Waals surface area (Å²) in [4.78, 5) is 0. The quantitative estimate of drug-likeness (QED) is 0.481. The second kappa shape index (κ2) is 2.62. The van der Waals surface area contributed by atoms with Crippen molar-refractivity contribution in [2.24, 2.45) is 0 Å². The van der Waals surface area contributed by atoms with Gasteiger partial charge in [0.05, 0.1) is 0 Å². The molecule has 1 aliphatic rings. The van der Waals surface area contributed by atoms with Crippen LogP contribution in [0.25, 0.3) is 0 Å². The number of hydrogen-bond donors (Lipinski definition) is 2. The minimum absolute atomic E-state index is 0.472. The standard InChI is InChI=1S/C6H13FN2/c1-6(7)4-8-2-3-9-5-6/h8-9H,2-5H2,1H3. The number of alkyl halides is 1. The molecule has 0 aromatic heterocycles. The topological polar surface area (TPSA) is 24.1 Å². The molecule has 0 aliphatic carbocycles. The van der Waals surface area contributed by atoms with Gasteiger partial charge in [-0.25, -0.2) is 4.39 Å². The Balaban J connectivity index is 2.36. The minimum atomic E-state index is -1.06. The van der Waals surface area contributed by atoms with Gasteiger partial charge in [0.1, 0.15) is 5.67 Å². The van der Waals surface area contributed by atoms with Gasteiger partial charge in [0.25, 0.3) is 0 Å². The Morgan fingerprint density at radius 3 is 2.11 bits per heavy atom. The summed E-state index contributed by atoms with van der Waals surface area (Å²) in [6.45, 7) is 4.30. The Labute approximate surface area is 54.8 Å². The SMILES string of the molecule is CC1(F)CNCCNC1. The van der Waals surface area contributed by atoms with Gasteiger partial charge < -0.3 is 10.6 Å². The monoisotopic (exact) mass is 132 g/mol. The van der Waals surface area contributed by atoms with Crippen LogP contribution in [0, 0.1) is 0 Å². The molecule has 3 heteroatoms. The Morgan fingerprint density at radius 1 is 1.22 bits per heavy atom. The fourth-order valence-corrected chi connectivity index (χ4v) is 0.937. The summed E-state index contributed by atoms with van der Waals surface area (Å²) in [6.07, 6.45) is 0. The fourth-order valence-electron chi connectivity index (χ4n) is 0.937. The molecule has 1 aliphatic heterocycles. The van der Waals surface area contributed by atoms with E-state index in [1.54, 1.807) is 6.92 Å². The van der Waals surface area contributed by atoms with Crippen LogP contribution >= 0.6 is 0 Å². The van der Waals surface area contributed by atoms with Crippen molar-refractivity contribution in [1.29, 1.82) is 0 Å². The molecule has 0 spiro atoms. The van der Waals surface area contributed by atoms with Crippen LogP contribution in [0.1, 0.15) is 6.92 Å². The van der Waals surface area contributed by atoms with E-state index in [-0.39, 0.29) is 0 Å². The summed E-state index contributed by atoms with van der Waals surface area (Å²) < 4.78 is 13.0. The molecule has 2 N–H and O–H groups in total. The lowest BCUT2D eigenvalue weighted by Gasteiger charge is -2.16. The van der Waals surface area contributed by atoms with Crippen LogP contribution in [0.2, 0.25) is 0 Å². The molecule has 1 rings (SSSR count). The van der Waals surface area contributed by atoms with E-state index in [2.05, 4.69) is 10.6 Å². The highest BCUT2D eigenvalue weighted by Gasteiger charge is 2.23. The van der Waals surface area contributed by atoms with Gasteiger partial charge >= 0.3 is 0 Å². The van der Waals surface area contributed by atoms with E-state index >= 15 is 0 Å². The molecule has 0 aromatic carbocycles. The summed E-state index contributed by atoms with van der Waals surface area (Å²) >= 11 is 0. The first-order valence-corrected chi connectivity index (χ1v) is 3.31. The second-order valence-corrected chi connectivity index (χ2v) is 2.77. The van der Waals surface area contributed by atoms with E-state index in [9.17, 15) is 4.39 Å². The van der Waals surface area contributed by atoms with E-state index in [1.165, 1.54) is 0 Å².